The van der Waals surface area contributed by atoms with E-state index in [1.807, 2.05) is 182 Å². The van der Waals surface area contributed by atoms with Crippen LogP contribution in [0.5, 0.6) is 0 Å². The van der Waals surface area contributed by atoms with Crippen LogP contribution in [0.4, 0.5) is 0 Å². The zero-order valence-electron chi connectivity index (χ0n) is 39.7. The van der Waals surface area contributed by atoms with E-state index in [0.717, 1.165) is 33.4 Å². The summed E-state index contributed by atoms with van der Waals surface area (Å²) in [5, 5.41) is 16.0. The van der Waals surface area contributed by atoms with Crippen LogP contribution in [-0.2, 0) is 87.0 Å². The van der Waals surface area contributed by atoms with Gasteiger partial charge in [0, 0.05) is 18.1 Å². The maximum absolute atomic E-state index is 12.3. The predicted molar refractivity (Wildman–Crippen MR) is 265 cm³/mol. The summed E-state index contributed by atoms with van der Waals surface area (Å²) < 4.78 is 67.8. The molecule has 10 unspecified atom stereocenters. The minimum Gasteiger partial charge on any atom is -0.387 e. The third kappa shape index (κ3) is 15.8. The van der Waals surface area contributed by atoms with E-state index in [9.17, 15) is 5.11 Å². The van der Waals surface area contributed by atoms with Gasteiger partial charge < -0.3 is 52.5 Å². The third-order valence-electron chi connectivity index (χ3n) is 12.2. The Bertz CT molecular complexity index is 2430. The first-order valence-electron chi connectivity index (χ1n) is 24.2. The van der Waals surface area contributed by atoms with Gasteiger partial charge in [-0.1, -0.05) is 187 Å². The number of azide groups is 1. The highest BCUT2D eigenvalue weighted by Crippen LogP contribution is 2.36. The molecule has 0 radical (unpaired) electrons. The molecule has 0 spiro atoms. The summed E-state index contributed by atoms with van der Waals surface area (Å²) in [4.78, 5) is 2.91. The van der Waals surface area contributed by atoms with Crippen LogP contribution in [-0.4, -0.2) is 92.9 Å². The SMILES string of the molecule is [N-]=[N+]=NCCCOC1OC(COCc2ccccc2)C(OC2OC(COCc3ccccc3)C(O)C(OCc3ccccc3)C2OCc2ccccc2)C(OCc2ccccc2)C1OCc1ccccc1. The van der Waals surface area contributed by atoms with E-state index in [0.29, 0.717) is 19.6 Å². The van der Waals surface area contributed by atoms with E-state index in [-0.39, 0.29) is 52.8 Å². The average Bonchev–Trinajstić information content (AvgIpc) is 3.42. The molecule has 6 aromatic rings. The Balaban J connectivity index is 1.17. The summed E-state index contributed by atoms with van der Waals surface area (Å²) in [6.07, 6.45) is -9.31. The molecule has 372 valence electrons. The molecule has 6 aromatic carbocycles. The largest absolute Gasteiger partial charge is 0.387 e. The van der Waals surface area contributed by atoms with Gasteiger partial charge in [0.05, 0.1) is 52.9 Å². The number of ether oxygens (including phenoxy) is 10. The highest BCUT2D eigenvalue weighted by atomic mass is 16.8. The zero-order valence-corrected chi connectivity index (χ0v) is 39.7. The molecule has 71 heavy (non-hydrogen) atoms. The molecule has 2 heterocycles. The van der Waals surface area contributed by atoms with E-state index >= 15 is 0 Å². The summed E-state index contributed by atoms with van der Waals surface area (Å²) >= 11 is 0. The fourth-order valence-electron chi connectivity index (χ4n) is 8.52. The van der Waals surface area contributed by atoms with Crippen molar-refractivity contribution < 1.29 is 52.5 Å². The number of nitrogens with zero attached hydrogens (tertiary/aromatic N) is 3. The van der Waals surface area contributed by atoms with Crippen LogP contribution in [0.1, 0.15) is 39.8 Å². The topological polar surface area (TPSA) is 161 Å². The van der Waals surface area contributed by atoms with Crippen molar-refractivity contribution >= 4 is 0 Å². The zero-order chi connectivity index (χ0) is 48.7. The first kappa shape index (κ1) is 51.5. The highest BCUT2D eigenvalue weighted by molar-refractivity contribution is 5.18. The van der Waals surface area contributed by atoms with Crippen molar-refractivity contribution in [2.45, 2.75) is 107 Å². The molecule has 0 amide bonds. The Morgan fingerprint density at radius 2 is 0.789 bits per heavy atom. The number of benzene rings is 6. The number of rotatable bonds is 27. The lowest BCUT2D eigenvalue weighted by Crippen LogP contribution is -2.66. The summed E-state index contributed by atoms with van der Waals surface area (Å²) in [6, 6.07) is 58.9. The van der Waals surface area contributed by atoms with Crippen molar-refractivity contribution in [2.24, 2.45) is 5.11 Å². The Labute approximate surface area is 415 Å². The Morgan fingerprint density at radius 1 is 0.423 bits per heavy atom. The van der Waals surface area contributed by atoms with Crippen molar-refractivity contribution in [3.05, 3.63) is 226 Å². The van der Waals surface area contributed by atoms with E-state index < -0.39 is 61.4 Å². The smallest absolute Gasteiger partial charge is 0.187 e. The highest BCUT2D eigenvalue weighted by Gasteiger charge is 2.54. The van der Waals surface area contributed by atoms with E-state index in [4.69, 9.17) is 52.9 Å². The maximum Gasteiger partial charge on any atom is 0.187 e. The van der Waals surface area contributed by atoms with Gasteiger partial charge in [0.15, 0.2) is 12.6 Å². The van der Waals surface area contributed by atoms with E-state index in [1.54, 1.807) is 0 Å². The molecule has 10 atom stereocenters. The summed E-state index contributed by atoms with van der Waals surface area (Å²) in [6.45, 7) is 1.82. The first-order chi connectivity index (χ1) is 35.1. The quantitative estimate of drug-likeness (QED) is 0.0227. The molecule has 0 aliphatic carbocycles. The molecule has 8 rings (SSSR count). The van der Waals surface area contributed by atoms with E-state index in [1.165, 1.54) is 0 Å². The summed E-state index contributed by atoms with van der Waals surface area (Å²) in [5.74, 6) is 0. The molecule has 14 heteroatoms. The van der Waals surface area contributed by atoms with Crippen molar-refractivity contribution in [3.63, 3.8) is 0 Å². The van der Waals surface area contributed by atoms with Crippen LogP contribution >= 0.6 is 0 Å². The van der Waals surface area contributed by atoms with Crippen LogP contribution in [0.15, 0.2) is 187 Å². The molecular weight excluding hydrogens is 903 g/mol. The normalized spacial score (nSPS) is 24.2. The van der Waals surface area contributed by atoms with Crippen molar-refractivity contribution in [1.29, 1.82) is 0 Å². The van der Waals surface area contributed by atoms with Gasteiger partial charge in [-0.25, -0.2) is 0 Å². The summed E-state index contributed by atoms with van der Waals surface area (Å²) in [7, 11) is 0. The van der Waals surface area contributed by atoms with Gasteiger partial charge in [-0.05, 0) is 45.3 Å². The molecule has 0 saturated carbocycles. The molecule has 0 aromatic heterocycles. The van der Waals surface area contributed by atoms with Crippen LogP contribution in [0, 0.1) is 0 Å². The van der Waals surface area contributed by atoms with Crippen molar-refractivity contribution in [1.82, 2.24) is 0 Å². The van der Waals surface area contributed by atoms with Crippen molar-refractivity contribution in [3.8, 4) is 0 Å². The van der Waals surface area contributed by atoms with Gasteiger partial charge in [-0.2, -0.15) is 0 Å². The monoisotopic (exact) mass is 965 g/mol. The number of hydrogen-bond acceptors (Lipinski definition) is 12. The van der Waals surface area contributed by atoms with Gasteiger partial charge in [0.25, 0.3) is 0 Å². The molecule has 2 fully saturated rings. The minimum absolute atomic E-state index is 0.0137. The number of aliphatic hydroxyl groups excluding tert-OH is 1. The van der Waals surface area contributed by atoms with Crippen LogP contribution in [0.3, 0.4) is 0 Å². The number of hydrogen-bond donors (Lipinski definition) is 1. The summed E-state index contributed by atoms with van der Waals surface area (Å²) in [5.41, 5.74) is 14.6. The predicted octanol–water partition coefficient (Wildman–Crippen LogP) is 9.67. The average molecular weight is 966 g/mol. The van der Waals surface area contributed by atoms with Crippen molar-refractivity contribution in [2.75, 3.05) is 26.4 Å². The van der Waals surface area contributed by atoms with Gasteiger partial charge in [-0.15, -0.1) is 0 Å². The fourth-order valence-corrected chi connectivity index (χ4v) is 8.52. The first-order valence-corrected chi connectivity index (χ1v) is 24.2. The molecular formula is C57H63N3O11. The molecule has 1 N–H and O–H groups in total. The lowest BCUT2D eigenvalue weighted by Gasteiger charge is -2.49. The van der Waals surface area contributed by atoms with Gasteiger partial charge in [0.1, 0.15) is 48.8 Å². The van der Waals surface area contributed by atoms with Crippen LogP contribution in [0.25, 0.3) is 10.4 Å². The van der Waals surface area contributed by atoms with Gasteiger partial charge >= 0.3 is 0 Å². The molecule has 2 aliphatic rings. The van der Waals surface area contributed by atoms with Gasteiger partial charge in [-0.3, -0.25) is 0 Å². The minimum atomic E-state index is -1.20. The number of aliphatic hydroxyl groups is 1. The van der Waals surface area contributed by atoms with Crippen LogP contribution in [0.2, 0.25) is 0 Å². The molecule has 14 nitrogen and oxygen atoms in total. The maximum atomic E-state index is 12.3. The Hall–Kier alpha value is -5.81. The standard InChI is InChI=1S/C57H63N3O11/c58-60-59-32-19-33-64-56-55(68-39-47-30-17-6-18-31-47)53(66-37-45-26-13-4-14-27-45)51(49(70-56)41-63-35-43-22-9-2-10-23-43)71-57-54(67-38-46-28-15-5-16-29-46)52(65-36-44-24-11-3-12-25-44)50(61)48(69-57)40-62-34-42-20-7-1-8-21-42/h1-18,20-31,48-57,61H,19,32-41H2. The molecule has 2 saturated heterocycles. The van der Waals surface area contributed by atoms with Crippen LogP contribution < -0.4 is 0 Å². The second kappa shape index (κ2) is 28.3. The third-order valence-corrected chi connectivity index (χ3v) is 12.2. The second-order valence-corrected chi connectivity index (χ2v) is 17.4. The molecule has 2 aliphatic heterocycles. The Morgan fingerprint density at radius 3 is 1.23 bits per heavy atom. The lowest BCUT2D eigenvalue weighted by atomic mass is 9.96. The molecule has 0 bridgehead atoms. The lowest BCUT2D eigenvalue weighted by molar-refractivity contribution is -0.375. The van der Waals surface area contributed by atoms with Gasteiger partial charge in [0.2, 0.25) is 0 Å². The fraction of sp³-hybridized carbons (Fsp3) is 0.368. The van der Waals surface area contributed by atoms with E-state index in [2.05, 4.69) is 10.0 Å². The Kier molecular flexibility index (Phi) is 20.5. The second-order valence-electron chi connectivity index (χ2n) is 17.4.